The summed E-state index contributed by atoms with van der Waals surface area (Å²) in [6.07, 6.45) is 4.55. The molecule has 4 rings (SSSR count). The van der Waals surface area contributed by atoms with Gasteiger partial charge in [0.25, 0.3) is 0 Å². The Balaban J connectivity index is 1.31. The average Bonchev–Trinajstić information content (AvgIpc) is 3.35. The third kappa shape index (κ3) is 5.16. The summed E-state index contributed by atoms with van der Waals surface area (Å²) in [6.45, 7) is 4.53. The van der Waals surface area contributed by atoms with Gasteiger partial charge >= 0.3 is 5.97 Å². The number of ether oxygens (including phenoxy) is 2. The van der Waals surface area contributed by atoms with Crippen molar-refractivity contribution in [3.63, 3.8) is 0 Å². The van der Waals surface area contributed by atoms with Crippen LogP contribution in [-0.4, -0.2) is 17.6 Å². The van der Waals surface area contributed by atoms with Gasteiger partial charge in [0.2, 0.25) is 5.89 Å². The first kappa shape index (κ1) is 21.2. The molecule has 1 atom stereocenters. The molecule has 0 aliphatic heterocycles. The Hall–Kier alpha value is -3.08. The first-order chi connectivity index (χ1) is 15.1. The summed E-state index contributed by atoms with van der Waals surface area (Å²) in [5.74, 6) is 2.22. The van der Waals surface area contributed by atoms with Gasteiger partial charge in [-0.3, -0.25) is 4.79 Å². The SMILES string of the molecule is CCCC(=O)O[C@H]1CCc2ccc(OCCCc3nc(-c4ccccc4)oc3C)cc21. The largest absolute Gasteiger partial charge is 0.494 e. The second kappa shape index (κ2) is 9.82. The van der Waals surface area contributed by atoms with Gasteiger partial charge in [0.15, 0.2) is 0 Å². The zero-order valence-electron chi connectivity index (χ0n) is 18.2. The van der Waals surface area contributed by atoms with Gasteiger partial charge in [-0.15, -0.1) is 0 Å². The molecular formula is C26H29NO4. The van der Waals surface area contributed by atoms with Crippen LogP contribution in [0, 0.1) is 6.92 Å². The van der Waals surface area contributed by atoms with E-state index in [1.165, 1.54) is 5.56 Å². The van der Waals surface area contributed by atoms with Gasteiger partial charge in [-0.25, -0.2) is 4.98 Å². The zero-order valence-corrected chi connectivity index (χ0v) is 18.2. The van der Waals surface area contributed by atoms with E-state index in [1.807, 2.05) is 56.3 Å². The summed E-state index contributed by atoms with van der Waals surface area (Å²) in [5.41, 5.74) is 4.29. The maximum absolute atomic E-state index is 11.9. The first-order valence-corrected chi connectivity index (χ1v) is 11.1. The molecule has 0 fully saturated rings. The van der Waals surface area contributed by atoms with Crippen molar-refractivity contribution >= 4 is 5.97 Å². The third-order valence-electron chi connectivity index (χ3n) is 5.61. The summed E-state index contributed by atoms with van der Waals surface area (Å²) in [7, 11) is 0. The van der Waals surface area contributed by atoms with Crippen LogP contribution in [0.3, 0.4) is 0 Å². The van der Waals surface area contributed by atoms with Gasteiger partial charge in [0.1, 0.15) is 17.6 Å². The normalized spacial score (nSPS) is 15.0. The monoisotopic (exact) mass is 419 g/mol. The van der Waals surface area contributed by atoms with Crippen LogP contribution in [0.25, 0.3) is 11.5 Å². The fourth-order valence-electron chi connectivity index (χ4n) is 3.97. The lowest BCUT2D eigenvalue weighted by molar-refractivity contribution is -0.149. The summed E-state index contributed by atoms with van der Waals surface area (Å²) >= 11 is 0. The van der Waals surface area contributed by atoms with E-state index >= 15 is 0 Å². The smallest absolute Gasteiger partial charge is 0.306 e. The number of aryl methyl sites for hydroxylation is 3. The van der Waals surface area contributed by atoms with Crippen LogP contribution in [0.1, 0.15) is 61.3 Å². The molecular weight excluding hydrogens is 390 g/mol. The quantitative estimate of drug-likeness (QED) is 0.315. The maximum Gasteiger partial charge on any atom is 0.306 e. The van der Waals surface area contributed by atoms with Crippen LogP contribution in [0.15, 0.2) is 52.9 Å². The average molecular weight is 420 g/mol. The van der Waals surface area contributed by atoms with Crippen LogP contribution in [0.2, 0.25) is 0 Å². The molecule has 0 bridgehead atoms. The third-order valence-corrected chi connectivity index (χ3v) is 5.61. The lowest BCUT2D eigenvalue weighted by atomic mass is 10.1. The van der Waals surface area contributed by atoms with Crippen LogP contribution in [0.4, 0.5) is 0 Å². The van der Waals surface area contributed by atoms with Gasteiger partial charge in [0.05, 0.1) is 12.3 Å². The molecule has 2 aromatic carbocycles. The fourth-order valence-corrected chi connectivity index (χ4v) is 3.97. The number of oxazole rings is 1. The number of aromatic nitrogens is 1. The van der Waals surface area contributed by atoms with Gasteiger partial charge in [-0.2, -0.15) is 0 Å². The van der Waals surface area contributed by atoms with Gasteiger partial charge in [-0.05, 0) is 74.4 Å². The molecule has 0 spiro atoms. The van der Waals surface area contributed by atoms with Crippen molar-refractivity contribution in [3.8, 4) is 17.2 Å². The molecule has 1 aliphatic rings. The van der Waals surface area contributed by atoms with Crippen molar-refractivity contribution in [2.75, 3.05) is 6.61 Å². The van der Waals surface area contributed by atoms with Crippen molar-refractivity contribution < 1.29 is 18.7 Å². The summed E-state index contributed by atoms with van der Waals surface area (Å²) in [6, 6.07) is 16.1. The van der Waals surface area contributed by atoms with E-state index in [0.717, 1.165) is 60.4 Å². The lowest BCUT2D eigenvalue weighted by Gasteiger charge is -2.14. The summed E-state index contributed by atoms with van der Waals surface area (Å²) in [4.78, 5) is 16.5. The number of rotatable bonds is 9. The molecule has 0 radical (unpaired) electrons. The molecule has 5 nitrogen and oxygen atoms in total. The van der Waals surface area contributed by atoms with Crippen LogP contribution < -0.4 is 4.74 Å². The minimum atomic E-state index is -0.146. The predicted octanol–water partition coefficient (Wildman–Crippen LogP) is 5.99. The van der Waals surface area contributed by atoms with Crippen molar-refractivity contribution in [3.05, 3.63) is 71.1 Å². The Morgan fingerprint density at radius 2 is 2.03 bits per heavy atom. The Morgan fingerprint density at radius 1 is 1.19 bits per heavy atom. The highest BCUT2D eigenvalue weighted by Gasteiger charge is 2.26. The number of esters is 1. The number of fused-ring (bicyclic) bond motifs is 1. The van der Waals surface area contributed by atoms with E-state index in [-0.39, 0.29) is 12.1 Å². The highest BCUT2D eigenvalue weighted by Crippen LogP contribution is 2.36. The first-order valence-electron chi connectivity index (χ1n) is 11.1. The van der Waals surface area contributed by atoms with Crippen LogP contribution in [-0.2, 0) is 22.4 Å². The second-order valence-corrected chi connectivity index (χ2v) is 7.97. The van der Waals surface area contributed by atoms with Crippen LogP contribution in [0.5, 0.6) is 5.75 Å². The lowest BCUT2D eigenvalue weighted by Crippen LogP contribution is -2.09. The number of carbonyl (C=O) groups excluding carboxylic acids is 1. The zero-order chi connectivity index (χ0) is 21.6. The van der Waals surface area contributed by atoms with Crippen LogP contribution >= 0.6 is 0 Å². The molecule has 31 heavy (non-hydrogen) atoms. The molecule has 0 saturated carbocycles. The highest BCUT2D eigenvalue weighted by molar-refractivity contribution is 5.69. The molecule has 162 valence electrons. The van der Waals surface area contributed by atoms with Crippen molar-refractivity contribution in [2.24, 2.45) is 0 Å². The van der Waals surface area contributed by atoms with Gasteiger partial charge in [-0.1, -0.05) is 31.2 Å². The molecule has 0 saturated heterocycles. The maximum atomic E-state index is 11.9. The van der Waals surface area contributed by atoms with E-state index in [0.29, 0.717) is 18.9 Å². The van der Waals surface area contributed by atoms with Crippen molar-refractivity contribution in [2.45, 2.75) is 58.5 Å². The number of hydrogen-bond donors (Lipinski definition) is 0. The van der Waals surface area contributed by atoms with E-state index in [4.69, 9.17) is 13.9 Å². The van der Waals surface area contributed by atoms with E-state index in [2.05, 4.69) is 11.1 Å². The summed E-state index contributed by atoms with van der Waals surface area (Å²) < 4.78 is 17.5. The Morgan fingerprint density at radius 3 is 2.84 bits per heavy atom. The molecule has 3 aromatic rings. The van der Waals surface area contributed by atoms with Gasteiger partial charge < -0.3 is 13.9 Å². The van der Waals surface area contributed by atoms with Crippen molar-refractivity contribution in [1.29, 1.82) is 0 Å². The number of carbonyl (C=O) groups is 1. The predicted molar refractivity (Wildman–Crippen MR) is 119 cm³/mol. The van der Waals surface area contributed by atoms with E-state index in [9.17, 15) is 4.79 Å². The fraction of sp³-hybridized carbons (Fsp3) is 0.385. The molecule has 1 aromatic heterocycles. The van der Waals surface area contributed by atoms with Gasteiger partial charge in [0, 0.05) is 12.0 Å². The molecule has 0 N–H and O–H groups in total. The Kier molecular flexibility index (Phi) is 6.70. The molecule has 5 heteroatoms. The minimum Gasteiger partial charge on any atom is -0.494 e. The molecule has 1 aliphatic carbocycles. The minimum absolute atomic E-state index is 0.121. The highest BCUT2D eigenvalue weighted by atomic mass is 16.5. The second-order valence-electron chi connectivity index (χ2n) is 7.97. The number of hydrogen-bond acceptors (Lipinski definition) is 5. The standard InChI is InChI=1S/C26H29NO4/c1-3-8-25(28)31-24-15-13-19-12-14-21(17-22(19)24)29-16-7-11-23-18(2)30-26(27-23)20-9-5-4-6-10-20/h4-6,9-10,12,14,17,24H,3,7-8,11,13,15-16H2,1-2H3/t24-/m0/s1. The molecule has 0 unspecified atom stereocenters. The molecule has 1 heterocycles. The van der Waals surface area contributed by atoms with E-state index < -0.39 is 0 Å². The number of benzene rings is 2. The summed E-state index contributed by atoms with van der Waals surface area (Å²) in [5, 5.41) is 0. The molecule has 0 amide bonds. The Labute approximate surface area is 183 Å². The topological polar surface area (TPSA) is 61.6 Å². The Bertz CT molecular complexity index is 1030. The number of nitrogens with zero attached hydrogens (tertiary/aromatic N) is 1. The van der Waals surface area contributed by atoms with E-state index in [1.54, 1.807) is 0 Å². The van der Waals surface area contributed by atoms with Crippen molar-refractivity contribution in [1.82, 2.24) is 4.98 Å².